The van der Waals surface area contributed by atoms with E-state index in [1.165, 1.54) is 12.1 Å². The van der Waals surface area contributed by atoms with Crippen LogP contribution in [0.15, 0.2) is 18.2 Å². The Bertz CT molecular complexity index is 459. The van der Waals surface area contributed by atoms with Crippen molar-refractivity contribution in [3.63, 3.8) is 0 Å². The lowest BCUT2D eigenvalue weighted by atomic mass is 10.2. The molecule has 0 radical (unpaired) electrons. The Labute approximate surface area is 96.0 Å². The van der Waals surface area contributed by atoms with Crippen LogP contribution in [-0.2, 0) is 13.1 Å². The summed E-state index contributed by atoms with van der Waals surface area (Å²) in [6.45, 7) is 0.781. The number of tetrazole rings is 1. The van der Waals surface area contributed by atoms with Gasteiger partial charge in [0.1, 0.15) is 5.82 Å². The normalized spacial score (nSPS) is 10.6. The highest BCUT2D eigenvalue weighted by molar-refractivity contribution is 6.30. The summed E-state index contributed by atoms with van der Waals surface area (Å²) in [5.41, 5.74) is 0.510. The lowest BCUT2D eigenvalue weighted by molar-refractivity contribution is 0.583. The van der Waals surface area contributed by atoms with Crippen LogP contribution in [0.5, 0.6) is 0 Å². The number of benzene rings is 1. The highest BCUT2D eigenvalue weighted by Gasteiger charge is 2.03. The third-order valence-electron chi connectivity index (χ3n) is 2.00. The van der Waals surface area contributed by atoms with Crippen LogP contribution in [0, 0.1) is 5.82 Å². The average molecular weight is 242 g/mol. The van der Waals surface area contributed by atoms with E-state index in [2.05, 4.69) is 25.9 Å². The fraction of sp³-hybridized carbons (Fsp3) is 0.222. The Balaban J connectivity index is 1.92. The maximum absolute atomic E-state index is 13.3. The third-order valence-corrected chi connectivity index (χ3v) is 2.23. The largest absolute Gasteiger partial charge is 0.305 e. The standard InChI is InChI=1S/C9H9ClFN5/c10-7-1-2-8(11)6(3-7)4-12-5-9-13-15-16-14-9/h1-3,12H,4-5H2,(H,13,14,15,16). The molecule has 0 bridgehead atoms. The molecule has 2 N–H and O–H groups in total. The molecule has 0 spiro atoms. The van der Waals surface area contributed by atoms with Gasteiger partial charge in [0.25, 0.3) is 0 Å². The van der Waals surface area contributed by atoms with Crippen molar-refractivity contribution in [1.82, 2.24) is 25.9 Å². The molecule has 2 rings (SSSR count). The number of aromatic amines is 1. The number of rotatable bonds is 4. The minimum Gasteiger partial charge on any atom is -0.305 e. The Hall–Kier alpha value is -1.53. The first kappa shape index (κ1) is 11.0. The van der Waals surface area contributed by atoms with Crippen LogP contribution >= 0.6 is 11.6 Å². The van der Waals surface area contributed by atoms with Crippen molar-refractivity contribution in [3.8, 4) is 0 Å². The molecule has 0 aliphatic rings. The molecule has 0 saturated carbocycles. The first-order chi connectivity index (χ1) is 7.75. The van der Waals surface area contributed by atoms with Gasteiger partial charge >= 0.3 is 0 Å². The highest BCUT2D eigenvalue weighted by Crippen LogP contribution is 2.14. The molecule has 0 fully saturated rings. The lowest BCUT2D eigenvalue weighted by Crippen LogP contribution is -2.14. The van der Waals surface area contributed by atoms with Gasteiger partial charge in [-0.05, 0) is 18.2 Å². The van der Waals surface area contributed by atoms with Crippen LogP contribution in [0.25, 0.3) is 0 Å². The number of nitrogens with one attached hydrogen (secondary N) is 2. The maximum atomic E-state index is 13.3. The van der Waals surface area contributed by atoms with Gasteiger partial charge in [-0.3, -0.25) is 0 Å². The van der Waals surface area contributed by atoms with E-state index in [-0.39, 0.29) is 5.82 Å². The molecule has 0 atom stereocenters. The number of halogens is 2. The Morgan fingerprint density at radius 1 is 1.38 bits per heavy atom. The second-order valence-electron chi connectivity index (χ2n) is 3.17. The zero-order valence-corrected chi connectivity index (χ0v) is 9.00. The van der Waals surface area contributed by atoms with E-state index in [0.717, 1.165) is 0 Å². The number of aromatic nitrogens is 4. The minimum atomic E-state index is -0.287. The van der Waals surface area contributed by atoms with E-state index in [0.29, 0.717) is 29.5 Å². The van der Waals surface area contributed by atoms with Gasteiger partial charge in [-0.25, -0.2) is 4.39 Å². The van der Waals surface area contributed by atoms with E-state index in [4.69, 9.17) is 11.6 Å². The first-order valence-electron chi connectivity index (χ1n) is 4.62. The van der Waals surface area contributed by atoms with Gasteiger partial charge in [-0.2, -0.15) is 5.21 Å². The molecule has 0 aliphatic carbocycles. The fourth-order valence-corrected chi connectivity index (χ4v) is 1.44. The molecule has 1 aromatic carbocycles. The summed E-state index contributed by atoms with van der Waals surface area (Å²) in [7, 11) is 0. The summed E-state index contributed by atoms with van der Waals surface area (Å²) >= 11 is 5.76. The van der Waals surface area contributed by atoms with E-state index < -0.39 is 0 Å². The molecule has 0 aliphatic heterocycles. The quantitative estimate of drug-likeness (QED) is 0.846. The lowest BCUT2D eigenvalue weighted by Gasteiger charge is -2.04. The Morgan fingerprint density at radius 2 is 2.25 bits per heavy atom. The van der Waals surface area contributed by atoms with E-state index in [9.17, 15) is 4.39 Å². The van der Waals surface area contributed by atoms with Gasteiger partial charge in [0.2, 0.25) is 0 Å². The highest BCUT2D eigenvalue weighted by atomic mass is 35.5. The molecule has 1 heterocycles. The molecule has 0 amide bonds. The molecule has 1 aromatic heterocycles. The maximum Gasteiger partial charge on any atom is 0.188 e. The summed E-state index contributed by atoms with van der Waals surface area (Å²) in [4.78, 5) is 0. The van der Waals surface area contributed by atoms with Gasteiger partial charge in [-0.15, -0.1) is 10.2 Å². The molecule has 16 heavy (non-hydrogen) atoms. The smallest absolute Gasteiger partial charge is 0.188 e. The van der Waals surface area contributed by atoms with E-state index in [1.54, 1.807) is 6.07 Å². The zero-order valence-electron chi connectivity index (χ0n) is 8.24. The Morgan fingerprint density at radius 3 is 3.00 bits per heavy atom. The van der Waals surface area contributed by atoms with Gasteiger partial charge in [-0.1, -0.05) is 16.8 Å². The predicted octanol–water partition coefficient (Wildman–Crippen LogP) is 1.28. The van der Waals surface area contributed by atoms with Crippen molar-refractivity contribution in [1.29, 1.82) is 0 Å². The van der Waals surface area contributed by atoms with Crippen LogP contribution in [0.4, 0.5) is 4.39 Å². The van der Waals surface area contributed by atoms with Crippen molar-refractivity contribution >= 4 is 11.6 Å². The number of hydrogen-bond donors (Lipinski definition) is 2. The van der Waals surface area contributed by atoms with Crippen molar-refractivity contribution in [2.75, 3.05) is 0 Å². The van der Waals surface area contributed by atoms with Crippen LogP contribution in [-0.4, -0.2) is 20.6 Å². The Kier molecular flexibility index (Phi) is 3.43. The molecule has 5 nitrogen and oxygen atoms in total. The van der Waals surface area contributed by atoms with Crippen molar-refractivity contribution in [2.45, 2.75) is 13.1 Å². The number of hydrogen-bond acceptors (Lipinski definition) is 4. The molecule has 7 heteroatoms. The number of H-pyrrole nitrogens is 1. The van der Waals surface area contributed by atoms with Crippen molar-refractivity contribution < 1.29 is 4.39 Å². The van der Waals surface area contributed by atoms with Gasteiger partial charge < -0.3 is 5.32 Å². The first-order valence-corrected chi connectivity index (χ1v) is 5.00. The monoisotopic (exact) mass is 241 g/mol. The van der Waals surface area contributed by atoms with Crippen molar-refractivity contribution in [2.24, 2.45) is 0 Å². The van der Waals surface area contributed by atoms with Crippen LogP contribution in [0.3, 0.4) is 0 Å². The van der Waals surface area contributed by atoms with Crippen molar-refractivity contribution in [3.05, 3.63) is 40.4 Å². The molecule has 2 aromatic rings. The summed E-state index contributed by atoms with van der Waals surface area (Å²) in [6.07, 6.45) is 0. The predicted molar refractivity (Wildman–Crippen MR) is 56.1 cm³/mol. The second kappa shape index (κ2) is 5.00. The van der Waals surface area contributed by atoms with Gasteiger partial charge in [0, 0.05) is 17.1 Å². The molecule has 0 saturated heterocycles. The minimum absolute atomic E-state index is 0.287. The van der Waals surface area contributed by atoms with E-state index in [1.807, 2.05) is 0 Å². The van der Waals surface area contributed by atoms with Gasteiger partial charge in [0.15, 0.2) is 5.82 Å². The fourth-order valence-electron chi connectivity index (χ4n) is 1.25. The second-order valence-corrected chi connectivity index (χ2v) is 3.60. The van der Waals surface area contributed by atoms with Crippen LogP contribution in [0.2, 0.25) is 5.02 Å². The molecule has 84 valence electrons. The number of nitrogens with zero attached hydrogens (tertiary/aromatic N) is 3. The van der Waals surface area contributed by atoms with Crippen LogP contribution in [0.1, 0.15) is 11.4 Å². The molecular weight excluding hydrogens is 233 g/mol. The average Bonchev–Trinajstić information content (AvgIpc) is 2.76. The summed E-state index contributed by atoms with van der Waals surface area (Å²) < 4.78 is 13.3. The summed E-state index contributed by atoms with van der Waals surface area (Å²) in [5, 5.41) is 16.8. The van der Waals surface area contributed by atoms with Gasteiger partial charge in [0.05, 0.1) is 6.54 Å². The van der Waals surface area contributed by atoms with Crippen LogP contribution < -0.4 is 5.32 Å². The van der Waals surface area contributed by atoms with E-state index >= 15 is 0 Å². The summed E-state index contributed by atoms with van der Waals surface area (Å²) in [6, 6.07) is 4.44. The SMILES string of the molecule is Fc1ccc(Cl)cc1CNCc1nn[nH]n1. The zero-order chi connectivity index (χ0) is 11.4. The summed E-state index contributed by atoms with van der Waals surface area (Å²) in [5.74, 6) is 0.243. The molecule has 0 unspecified atom stereocenters. The third kappa shape index (κ3) is 2.74. The topological polar surface area (TPSA) is 66.5 Å². The molecular formula is C9H9ClFN5.